The number of carbonyl (C=O) groups is 2. The van der Waals surface area contributed by atoms with Crippen LogP contribution in [0.5, 0.6) is 0 Å². The van der Waals surface area contributed by atoms with Crippen molar-refractivity contribution >= 4 is 12.2 Å². The van der Waals surface area contributed by atoms with Gasteiger partial charge in [0.05, 0.1) is 38.5 Å². The molecule has 0 saturated carbocycles. The minimum atomic E-state index is -0.532. The Morgan fingerprint density at radius 1 is 1.15 bits per heavy atom. The highest BCUT2D eigenvalue weighted by atomic mass is 16.6. The molecule has 3 atom stereocenters. The van der Waals surface area contributed by atoms with Crippen LogP contribution in [0, 0.1) is 0 Å². The van der Waals surface area contributed by atoms with Crippen molar-refractivity contribution < 1.29 is 28.5 Å². The molecule has 0 aliphatic carbocycles. The Balaban J connectivity index is 1.42. The molecule has 1 aromatic rings. The highest BCUT2D eigenvalue weighted by molar-refractivity contribution is 5.69. The van der Waals surface area contributed by atoms with Gasteiger partial charge in [0.25, 0.3) is 0 Å². The third kappa shape index (κ3) is 8.45. The number of nitrogens with zero attached hydrogens (tertiary/aromatic N) is 2. The second-order valence-electron chi connectivity index (χ2n) is 9.93. The second kappa shape index (κ2) is 12.4. The maximum atomic E-state index is 12.6. The number of morpholine rings is 2. The van der Waals surface area contributed by atoms with Crippen LogP contribution in [0.4, 0.5) is 9.59 Å². The molecule has 2 amide bonds. The third-order valence-corrected chi connectivity index (χ3v) is 5.78. The van der Waals surface area contributed by atoms with Crippen LogP contribution in [-0.2, 0) is 25.6 Å². The van der Waals surface area contributed by atoms with Crippen molar-refractivity contribution in [3.63, 3.8) is 0 Å². The molecule has 0 spiro atoms. The number of hydrogen-bond donors (Lipinski definition) is 1. The van der Waals surface area contributed by atoms with E-state index in [1.807, 2.05) is 51.1 Å². The van der Waals surface area contributed by atoms with Crippen LogP contribution in [-0.4, -0.2) is 91.8 Å². The molecule has 0 radical (unpaired) electrons. The van der Waals surface area contributed by atoms with E-state index in [2.05, 4.69) is 12.2 Å². The Morgan fingerprint density at radius 2 is 1.91 bits per heavy atom. The Kier molecular flexibility index (Phi) is 9.55. The Hall–Kier alpha value is -2.36. The van der Waals surface area contributed by atoms with Gasteiger partial charge in [-0.25, -0.2) is 9.59 Å². The summed E-state index contributed by atoms with van der Waals surface area (Å²) in [5, 5.41) is 3.49. The van der Waals surface area contributed by atoms with Gasteiger partial charge in [-0.2, -0.15) is 0 Å². The summed E-state index contributed by atoms with van der Waals surface area (Å²) in [4.78, 5) is 28.6. The summed E-state index contributed by atoms with van der Waals surface area (Å²) in [5.41, 5.74) is 0.430. The number of hydrogen-bond acceptors (Lipinski definition) is 7. The van der Waals surface area contributed by atoms with E-state index in [1.54, 1.807) is 9.80 Å². The largest absolute Gasteiger partial charge is 0.445 e. The molecule has 3 unspecified atom stereocenters. The summed E-state index contributed by atoms with van der Waals surface area (Å²) in [6.45, 7) is 11.6. The van der Waals surface area contributed by atoms with Gasteiger partial charge in [0.1, 0.15) is 12.2 Å². The first-order valence-corrected chi connectivity index (χ1v) is 12.1. The fraction of sp³-hybridized carbons (Fsp3) is 0.680. The van der Waals surface area contributed by atoms with Crippen molar-refractivity contribution in [3.8, 4) is 0 Å². The zero-order chi connectivity index (χ0) is 24.6. The lowest BCUT2D eigenvalue weighted by Crippen LogP contribution is -2.53. The molecule has 1 N–H and O–H groups in total. The van der Waals surface area contributed by atoms with E-state index >= 15 is 0 Å². The molecule has 9 nitrogen and oxygen atoms in total. The van der Waals surface area contributed by atoms with Crippen molar-refractivity contribution in [3.05, 3.63) is 35.9 Å². The first-order chi connectivity index (χ1) is 16.2. The highest BCUT2D eigenvalue weighted by Crippen LogP contribution is 2.18. The van der Waals surface area contributed by atoms with Crippen molar-refractivity contribution in [2.24, 2.45) is 0 Å². The summed E-state index contributed by atoms with van der Waals surface area (Å²) < 4.78 is 22.5. The maximum absolute atomic E-state index is 12.6. The van der Waals surface area contributed by atoms with E-state index < -0.39 is 5.60 Å². The van der Waals surface area contributed by atoms with Gasteiger partial charge < -0.3 is 34.1 Å². The number of rotatable bonds is 7. The summed E-state index contributed by atoms with van der Waals surface area (Å²) >= 11 is 0. The molecular weight excluding hydrogens is 438 g/mol. The second-order valence-corrected chi connectivity index (χ2v) is 9.93. The predicted molar refractivity (Wildman–Crippen MR) is 128 cm³/mol. The average molecular weight is 478 g/mol. The van der Waals surface area contributed by atoms with E-state index in [-0.39, 0.29) is 37.0 Å². The molecule has 1 aromatic carbocycles. The van der Waals surface area contributed by atoms with Crippen LogP contribution < -0.4 is 5.32 Å². The molecule has 0 aromatic heterocycles. The first-order valence-electron chi connectivity index (χ1n) is 12.1. The molecule has 2 aliphatic rings. The molecule has 2 heterocycles. The number of carbonyl (C=O) groups excluding carboxylic acids is 2. The van der Waals surface area contributed by atoms with Crippen LogP contribution >= 0.6 is 0 Å². The van der Waals surface area contributed by atoms with Gasteiger partial charge >= 0.3 is 12.2 Å². The van der Waals surface area contributed by atoms with Crippen molar-refractivity contribution in [1.29, 1.82) is 0 Å². The van der Waals surface area contributed by atoms with E-state index in [9.17, 15) is 9.59 Å². The molecule has 190 valence electrons. The summed E-state index contributed by atoms with van der Waals surface area (Å²) in [7, 11) is 0. The number of benzene rings is 1. The van der Waals surface area contributed by atoms with Gasteiger partial charge in [0.2, 0.25) is 0 Å². The molecule has 34 heavy (non-hydrogen) atoms. The molecule has 2 saturated heterocycles. The van der Waals surface area contributed by atoms with Crippen LogP contribution in [0.15, 0.2) is 30.3 Å². The summed E-state index contributed by atoms with van der Waals surface area (Å²) in [5.74, 6) is 0. The van der Waals surface area contributed by atoms with E-state index in [0.29, 0.717) is 46.0 Å². The van der Waals surface area contributed by atoms with E-state index in [1.165, 1.54) is 0 Å². The SMILES string of the molecule is CC(CC1COCCN1C(=O)OC(C)(C)C)NCC1CN(C(=O)OCc2ccccc2)CCO1. The van der Waals surface area contributed by atoms with Crippen LogP contribution in [0.3, 0.4) is 0 Å². The quantitative estimate of drug-likeness (QED) is 0.646. The topological polar surface area (TPSA) is 89.6 Å². The van der Waals surface area contributed by atoms with Gasteiger partial charge in [-0.15, -0.1) is 0 Å². The van der Waals surface area contributed by atoms with Gasteiger partial charge in [0.15, 0.2) is 0 Å². The Labute approximate surface area is 202 Å². The fourth-order valence-corrected chi connectivity index (χ4v) is 4.05. The minimum Gasteiger partial charge on any atom is -0.445 e. The van der Waals surface area contributed by atoms with Gasteiger partial charge in [-0.1, -0.05) is 30.3 Å². The number of nitrogens with one attached hydrogen (secondary N) is 1. The molecule has 2 fully saturated rings. The first kappa shape index (κ1) is 26.2. The van der Waals surface area contributed by atoms with Crippen molar-refractivity contribution in [2.45, 2.75) is 64.5 Å². The van der Waals surface area contributed by atoms with Gasteiger partial charge in [-0.3, -0.25) is 0 Å². The monoisotopic (exact) mass is 477 g/mol. The third-order valence-electron chi connectivity index (χ3n) is 5.78. The van der Waals surface area contributed by atoms with Crippen molar-refractivity contribution in [2.75, 3.05) is 46.0 Å². The zero-order valence-electron chi connectivity index (χ0n) is 20.8. The lowest BCUT2D eigenvalue weighted by Gasteiger charge is -2.38. The van der Waals surface area contributed by atoms with Crippen LogP contribution in [0.25, 0.3) is 0 Å². The minimum absolute atomic E-state index is 0.0529. The number of amides is 2. The summed E-state index contributed by atoms with van der Waals surface area (Å²) in [6.07, 6.45) is -0.00899. The van der Waals surface area contributed by atoms with E-state index in [0.717, 1.165) is 12.0 Å². The standard InChI is InChI=1S/C25H39N3O6/c1-19(14-21-18-31-12-11-28(21)24(30)34-25(2,3)4)26-15-22-16-27(10-13-32-22)23(29)33-17-20-8-6-5-7-9-20/h5-9,19,21-22,26H,10-18H2,1-4H3. The van der Waals surface area contributed by atoms with Gasteiger partial charge in [0, 0.05) is 25.7 Å². The smallest absolute Gasteiger partial charge is 0.410 e. The lowest BCUT2D eigenvalue weighted by atomic mass is 10.1. The Morgan fingerprint density at radius 3 is 2.65 bits per heavy atom. The Bertz CT molecular complexity index is 785. The molecule has 9 heteroatoms. The van der Waals surface area contributed by atoms with Crippen LogP contribution in [0.1, 0.15) is 39.7 Å². The lowest BCUT2D eigenvalue weighted by molar-refractivity contribution is -0.0382. The number of ether oxygens (including phenoxy) is 4. The molecule has 2 aliphatic heterocycles. The van der Waals surface area contributed by atoms with E-state index in [4.69, 9.17) is 18.9 Å². The predicted octanol–water partition coefficient (Wildman–Crippen LogP) is 3.03. The molecular formula is C25H39N3O6. The molecule has 3 rings (SSSR count). The summed E-state index contributed by atoms with van der Waals surface area (Å²) in [6, 6.07) is 9.72. The highest BCUT2D eigenvalue weighted by Gasteiger charge is 2.32. The fourth-order valence-electron chi connectivity index (χ4n) is 4.05. The van der Waals surface area contributed by atoms with Gasteiger partial charge in [-0.05, 0) is 39.7 Å². The van der Waals surface area contributed by atoms with Crippen molar-refractivity contribution in [1.82, 2.24) is 15.1 Å². The zero-order valence-corrected chi connectivity index (χ0v) is 20.8. The maximum Gasteiger partial charge on any atom is 0.410 e. The molecule has 0 bridgehead atoms. The van der Waals surface area contributed by atoms with Crippen LogP contribution in [0.2, 0.25) is 0 Å². The normalized spacial score (nSPS) is 22.2. The average Bonchev–Trinajstić information content (AvgIpc) is 2.81.